The zero-order valence-corrected chi connectivity index (χ0v) is 12.0. The highest BCUT2D eigenvalue weighted by molar-refractivity contribution is 5.85. The van der Waals surface area contributed by atoms with Crippen molar-refractivity contribution in [2.75, 3.05) is 0 Å². The highest BCUT2D eigenvalue weighted by atomic mass is 35.5. The Hall–Kier alpha value is -0.610. The molecular formula is C14H22ClN3O. The molecule has 2 atom stereocenters. The van der Waals surface area contributed by atoms with Crippen LogP contribution in [0.2, 0.25) is 0 Å². The lowest BCUT2D eigenvalue weighted by atomic mass is 9.99. The van der Waals surface area contributed by atoms with Crippen LogP contribution in [0.25, 0.3) is 0 Å². The Labute approximate surface area is 119 Å². The summed E-state index contributed by atoms with van der Waals surface area (Å²) >= 11 is 0. The summed E-state index contributed by atoms with van der Waals surface area (Å²) in [4.78, 5) is 4.65. The number of nitrogens with zero attached hydrogens (tertiary/aromatic N) is 2. The minimum absolute atomic E-state index is 0. The molecule has 1 aromatic rings. The topological polar surface area (TPSA) is 64.9 Å². The van der Waals surface area contributed by atoms with Crippen LogP contribution in [0.15, 0.2) is 4.52 Å². The van der Waals surface area contributed by atoms with Gasteiger partial charge < -0.3 is 10.3 Å². The molecule has 0 radical (unpaired) electrons. The summed E-state index contributed by atoms with van der Waals surface area (Å²) < 4.78 is 5.52. The summed E-state index contributed by atoms with van der Waals surface area (Å²) in [6, 6.07) is 0. The minimum atomic E-state index is -0.304. The third-order valence-corrected chi connectivity index (χ3v) is 5.32. The number of halogens is 1. The van der Waals surface area contributed by atoms with Crippen molar-refractivity contribution in [2.24, 2.45) is 17.6 Å². The average molecular weight is 284 g/mol. The summed E-state index contributed by atoms with van der Waals surface area (Å²) in [7, 11) is 0. The van der Waals surface area contributed by atoms with Gasteiger partial charge in [0.1, 0.15) is 0 Å². The van der Waals surface area contributed by atoms with Gasteiger partial charge in [-0.1, -0.05) is 30.8 Å². The van der Waals surface area contributed by atoms with Crippen molar-refractivity contribution in [3.05, 3.63) is 11.7 Å². The van der Waals surface area contributed by atoms with E-state index in [1.807, 2.05) is 0 Å². The molecule has 1 aromatic heterocycles. The quantitative estimate of drug-likeness (QED) is 0.906. The molecule has 4 nitrogen and oxygen atoms in total. The molecule has 2 unspecified atom stereocenters. The number of nitrogens with two attached hydrogens (primary N) is 1. The molecule has 2 N–H and O–H groups in total. The second-order valence-corrected chi connectivity index (χ2v) is 6.46. The van der Waals surface area contributed by atoms with Crippen molar-refractivity contribution in [1.82, 2.24) is 10.1 Å². The van der Waals surface area contributed by atoms with Crippen molar-refractivity contribution in [3.8, 4) is 0 Å². The van der Waals surface area contributed by atoms with Gasteiger partial charge in [0, 0.05) is 5.92 Å². The third-order valence-electron chi connectivity index (χ3n) is 5.32. The predicted octanol–water partition coefficient (Wildman–Crippen LogP) is 3.12. The Bertz CT molecular complexity index is 443. The van der Waals surface area contributed by atoms with Crippen LogP contribution in [-0.4, -0.2) is 10.1 Å². The van der Waals surface area contributed by atoms with E-state index in [0.29, 0.717) is 5.92 Å². The van der Waals surface area contributed by atoms with Crippen molar-refractivity contribution in [1.29, 1.82) is 0 Å². The lowest BCUT2D eigenvalue weighted by Gasteiger charge is -2.17. The fourth-order valence-corrected chi connectivity index (χ4v) is 4.16. The Morgan fingerprint density at radius 2 is 1.68 bits per heavy atom. The first kappa shape index (κ1) is 13.4. The predicted molar refractivity (Wildman–Crippen MR) is 74.1 cm³/mol. The van der Waals surface area contributed by atoms with Crippen molar-refractivity contribution in [2.45, 2.75) is 62.8 Å². The maximum Gasteiger partial charge on any atom is 0.230 e. The molecule has 4 rings (SSSR count). The Balaban J connectivity index is 0.00000110. The molecule has 3 aliphatic carbocycles. The molecular weight excluding hydrogens is 262 g/mol. The van der Waals surface area contributed by atoms with Gasteiger partial charge in [-0.05, 0) is 37.5 Å². The van der Waals surface area contributed by atoms with Crippen LogP contribution in [0.3, 0.4) is 0 Å². The van der Waals surface area contributed by atoms with Crippen molar-refractivity contribution in [3.63, 3.8) is 0 Å². The fraction of sp³-hybridized carbons (Fsp3) is 0.857. The third kappa shape index (κ3) is 2.09. The normalized spacial score (nSPS) is 35.5. The highest BCUT2D eigenvalue weighted by Gasteiger charge is 2.54. The summed E-state index contributed by atoms with van der Waals surface area (Å²) in [6.45, 7) is 0. The number of rotatable bonds is 2. The van der Waals surface area contributed by atoms with Crippen LogP contribution in [0.1, 0.15) is 69.0 Å². The van der Waals surface area contributed by atoms with Crippen LogP contribution in [0, 0.1) is 11.8 Å². The van der Waals surface area contributed by atoms with Crippen LogP contribution < -0.4 is 5.73 Å². The second-order valence-electron chi connectivity index (χ2n) is 6.46. The SMILES string of the molecule is Cl.NC1(c2noc(C3C4CCCCC43)n2)CCCC1. The molecule has 5 heteroatoms. The lowest BCUT2D eigenvalue weighted by Crippen LogP contribution is -2.34. The molecule has 3 aliphatic rings. The van der Waals surface area contributed by atoms with Gasteiger partial charge in [0.25, 0.3) is 0 Å². The molecule has 0 amide bonds. The molecule has 1 heterocycles. The first-order valence-electron chi connectivity index (χ1n) is 7.41. The molecule has 3 saturated carbocycles. The fourth-order valence-electron chi connectivity index (χ4n) is 4.16. The molecule has 0 saturated heterocycles. The van der Waals surface area contributed by atoms with Crippen LogP contribution in [0.4, 0.5) is 0 Å². The average Bonchev–Trinajstić information content (AvgIpc) is 2.78. The second kappa shape index (κ2) is 4.74. The van der Waals surface area contributed by atoms with Crippen LogP contribution in [-0.2, 0) is 5.54 Å². The van der Waals surface area contributed by atoms with Crippen LogP contribution >= 0.6 is 12.4 Å². The standard InChI is InChI=1S/C14H21N3O.ClH/c15-14(7-3-4-8-14)13-16-12(18-17-13)11-9-5-1-2-6-10(9)11;/h9-11H,1-8,15H2;1H. The smallest absolute Gasteiger partial charge is 0.230 e. The van der Waals surface area contributed by atoms with E-state index in [0.717, 1.165) is 36.4 Å². The van der Waals surface area contributed by atoms with E-state index >= 15 is 0 Å². The molecule has 0 bridgehead atoms. The van der Waals surface area contributed by atoms with Gasteiger partial charge in [-0.3, -0.25) is 0 Å². The minimum Gasteiger partial charge on any atom is -0.339 e. The number of hydrogen-bond donors (Lipinski definition) is 1. The van der Waals surface area contributed by atoms with E-state index in [4.69, 9.17) is 10.3 Å². The molecule has 3 fully saturated rings. The molecule has 0 aromatic carbocycles. The largest absolute Gasteiger partial charge is 0.339 e. The zero-order valence-electron chi connectivity index (χ0n) is 11.2. The van der Waals surface area contributed by atoms with E-state index in [9.17, 15) is 0 Å². The summed E-state index contributed by atoms with van der Waals surface area (Å²) in [5, 5.41) is 4.18. The van der Waals surface area contributed by atoms with Gasteiger partial charge in [-0.2, -0.15) is 4.98 Å². The van der Waals surface area contributed by atoms with Gasteiger partial charge in [0.2, 0.25) is 5.89 Å². The summed E-state index contributed by atoms with van der Waals surface area (Å²) in [5.41, 5.74) is 6.07. The monoisotopic (exact) mass is 283 g/mol. The highest BCUT2D eigenvalue weighted by Crippen LogP contribution is 2.60. The first-order valence-corrected chi connectivity index (χ1v) is 7.41. The summed E-state index contributed by atoms with van der Waals surface area (Å²) in [6.07, 6.45) is 9.83. The number of fused-ring (bicyclic) bond motifs is 1. The zero-order chi connectivity index (χ0) is 12.2. The maximum atomic E-state index is 6.38. The Morgan fingerprint density at radius 3 is 2.32 bits per heavy atom. The van der Waals surface area contributed by atoms with E-state index in [2.05, 4.69) is 10.1 Å². The molecule has 106 valence electrons. The number of hydrogen-bond acceptors (Lipinski definition) is 4. The van der Waals surface area contributed by atoms with Crippen molar-refractivity contribution >= 4 is 12.4 Å². The van der Waals surface area contributed by atoms with Gasteiger partial charge in [0.15, 0.2) is 5.82 Å². The first-order chi connectivity index (χ1) is 8.78. The maximum absolute atomic E-state index is 6.38. The van der Waals surface area contributed by atoms with Gasteiger partial charge in [-0.25, -0.2) is 0 Å². The van der Waals surface area contributed by atoms with Gasteiger partial charge in [0.05, 0.1) is 5.54 Å². The lowest BCUT2D eigenvalue weighted by molar-refractivity contribution is 0.345. The van der Waals surface area contributed by atoms with E-state index in [1.54, 1.807) is 0 Å². The van der Waals surface area contributed by atoms with E-state index in [-0.39, 0.29) is 17.9 Å². The summed E-state index contributed by atoms with van der Waals surface area (Å²) in [5.74, 6) is 3.84. The number of aromatic nitrogens is 2. The molecule has 0 spiro atoms. The van der Waals surface area contributed by atoms with E-state index in [1.165, 1.54) is 38.5 Å². The van der Waals surface area contributed by atoms with Gasteiger partial charge in [-0.15, -0.1) is 12.4 Å². The Kier molecular flexibility index (Phi) is 3.34. The van der Waals surface area contributed by atoms with Crippen LogP contribution in [0.5, 0.6) is 0 Å². The molecule has 19 heavy (non-hydrogen) atoms. The van der Waals surface area contributed by atoms with Crippen molar-refractivity contribution < 1.29 is 4.52 Å². The van der Waals surface area contributed by atoms with E-state index < -0.39 is 0 Å². The molecule has 0 aliphatic heterocycles. The Morgan fingerprint density at radius 1 is 1.05 bits per heavy atom. The van der Waals surface area contributed by atoms with Gasteiger partial charge >= 0.3 is 0 Å².